The summed E-state index contributed by atoms with van der Waals surface area (Å²) in [6, 6.07) is -1.75. The minimum atomic E-state index is -4.47. The number of halogens is 6. The van der Waals surface area contributed by atoms with Crippen molar-refractivity contribution in [2.24, 2.45) is 17.6 Å². The lowest BCUT2D eigenvalue weighted by Gasteiger charge is -2.46. The molecule has 30 heavy (non-hydrogen) atoms. The number of nitrogens with two attached hydrogens (primary N) is 1. The second-order valence-electron chi connectivity index (χ2n) is 9.26. The summed E-state index contributed by atoms with van der Waals surface area (Å²) in [5.41, 5.74) is 10.6. The molecule has 176 valence electrons. The zero-order valence-electron chi connectivity index (χ0n) is 17.0. The van der Waals surface area contributed by atoms with Gasteiger partial charge in [-0.05, 0) is 33.1 Å². The smallest absolute Gasteiger partial charge is 0.340 e. The molecule has 7 atom stereocenters. The molecule has 6 unspecified atom stereocenters. The van der Waals surface area contributed by atoms with Crippen LogP contribution < -0.4 is 27.2 Å². The quantitative estimate of drug-likeness (QED) is 0.367. The van der Waals surface area contributed by atoms with E-state index < -0.39 is 60.4 Å². The van der Waals surface area contributed by atoms with Crippen molar-refractivity contribution in [3.8, 4) is 0 Å². The Bertz CT molecular complexity index is 586. The Morgan fingerprint density at radius 2 is 1.53 bits per heavy atom. The molecule has 3 heterocycles. The molecule has 3 aliphatic heterocycles. The van der Waals surface area contributed by atoms with Gasteiger partial charge >= 0.3 is 12.4 Å². The van der Waals surface area contributed by atoms with E-state index in [1.807, 2.05) is 0 Å². The number of alkyl halides is 6. The first-order valence-corrected chi connectivity index (χ1v) is 10.4. The lowest BCUT2D eigenvalue weighted by Crippen LogP contribution is -2.71. The van der Waals surface area contributed by atoms with Crippen LogP contribution in [0, 0.1) is 11.8 Å². The van der Waals surface area contributed by atoms with Crippen LogP contribution in [-0.4, -0.2) is 48.6 Å². The van der Waals surface area contributed by atoms with Crippen LogP contribution in [0.5, 0.6) is 0 Å². The Labute approximate surface area is 172 Å². The van der Waals surface area contributed by atoms with Gasteiger partial charge < -0.3 is 10.5 Å². The highest BCUT2D eigenvalue weighted by molar-refractivity contribution is 5.01. The molecule has 12 heteroatoms. The summed E-state index contributed by atoms with van der Waals surface area (Å²) in [7, 11) is 0. The monoisotopic (exact) mass is 447 g/mol. The van der Waals surface area contributed by atoms with E-state index in [1.54, 1.807) is 13.8 Å². The molecule has 0 aromatic carbocycles. The van der Waals surface area contributed by atoms with Crippen molar-refractivity contribution < 1.29 is 31.1 Å². The highest BCUT2D eigenvalue weighted by Crippen LogP contribution is 2.38. The van der Waals surface area contributed by atoms with Gasteiger partial charge in [0.15, 0.2) is 0 Å². The number of ether oxygens (including phenoxy) is 1. The summed E-state index contributed by atoms with van der Waals surface area (Å²) in [6.45, 7) is 3.61. The van der Waals surface area contributed by atoms with Gasteiger partial charge in [-0.25, -0.2) is 10.9 Å². The van der Waals surface area contributed by atoms with Gasteiger partial charge in [0, 0.05) is 11.6 Å². The van der Waals surface area contributed by atoms with Crippen molar-refractivity contribution in [3.63, 3.8) is 0 Å². The largest absolute Gasteiger partial charge is 0.395 e. The summed E-state index contributed by atoms with van der Waals surface area (Å²) in [6.07, 6.45) is -10.8. The predicted molar refractivity (Wildman–Crippen MR) is 97.6 cm³/mol. The van der Waals surface area contributed by atoms with Crippen LogP contribution >= 0.6 is 0 Å². The first-order chi connectivity index (χ1) is 13.8. The van der Waals surface area contributed by atoms with E-state index in [-0.39, 0.29) is 12.8 Å². The average Bonchev–Trinajstić information content (AvgIpc) is 3.05. The van der Waals surface area contributed by atoms with Gasteiger partial charge in [-0.3, -0.25) is 10.6 Å². The van der Waals surface area contributed by atoms with Crippen molar-refractivity contribution in [2.45, 2.75) is 101 Å². The molecule has 0 spiro atoms. The number of piperidine rings is 1. The van der Waals surface area contributed by atoms with Gasteiger partial charge in [0.2, 0.25) is 0 Å². The van der Waals surface area contributed by atoms with Gasteiger partial charge in [0.1, 0.15) is 12.5 Å². The number of fused-ring (bicyclic) bond motifs is 5. The van der Waals surface area contributed by atoms with Crippen LogP contribution in [0.25, 0.3) is 0 Å². The zero-order valence-corrected chi connectivity index (χ0v) is 17.0. The summed E-state index contributed by atoms with van der Waals surface area (Å²) >= 11 is 0. The molecule has 3 aliphatic rings. The number of nitrogens with one attached hydrogen (secondary N) is 4. The Morgan fingerprint density at radius 1 is 0.900 bits per heavy atom. The maximum Gasteiger partial charge on any atom is 0.395 e. The number of hydrogen-bond acceptors (Lipinski definition) is 6. The van der Waals surface area contributed by atoms with E-state index in [4.69, 9.17) is 10.5 Å². The van der Waals surface area contributed by atoms with Crippen molar-refractivity contribution in [1.82, 2.24) is 21.5 Å². The molecule has 6 nitrogen and oxygen atoms in total. The fraction of sp³-hybridized carbons (Fsp3) is 1.00. The number of hydrogen-bond donors (Lipinski definition) is 5. The highest BCUT2D eigenvalue weighted by atomic mass is 19.4. The molecule has 0 amide bonds. The fourth-order valence-corrected chi connectivity index (χ4v) is 4.65. The van der Waals surface area contributed by atoms with Crippen LogP contribution in [0.4, 0.5) is 26.3 Å². The summed E-state index contributed by atoms with van der Waals surface area (Å²) < 4.78 is 87.4. The third kappa shape index (κ3) is 5.57. The topological polar surface area (TPSA) is 83.4 Å². The van der Waals surface area contributed by atoms with Gasteiger partial charge in [0.25, 0.3) is 0 Å². The second kappa shape index (κ2) is 8.70. The van der Waals surface area contributed by atoms with Gasteiger partial charge in [-0.15, -0.1) is 0 Å². The van der Waals surface area contributed by atoms with E-state index in [1.165, 1.54) is 0 Å². The second-order valence-corrected chi connectivity index (χ2v) is 9.26. The standard InChI is InChI=1S/C18H31F6N5O/c1-16(2)7-5-3-4-6-9(17(19,20)21)14-28-29-15(30-14)12-11(25)8-10(18(22,23)24)13(26-12)27-16/h9-15,26-29H,3-8,25H2,1-2H3/t9-,10?,11?,12?,13?,14?,15?/m1/s1. The number of hydrazine groups is 1. The average molecular weight is 447 g/mol. The van der Waals surface area contributed by atoms with Crippen molar-refractivity contribution >= 4 is 0 Å². The minimum absolute atomic E-state index is 0.0909. The lowest BCUT2D eigenvalue weighted by molar-refractivity contribution is -0.215. The zero-order chi connectivity index (χ0) is 22.3. The van der Waals surface area contributed by atoms with Crippen LogP contribution in [-0.2, 0) is 4.74 Å². The lowest BCUT2D eigenvalue weighted by atomic mass is 9.84. The van der Waals surface area contributed by atoms with E-state index >= 15 is 0 Å². The van der Waals surface area contributed by atoms with Crippen molar-refractivity contribution in [2.75, 3.05) is 0 Å². The maximum absolute atomic E-state index is 13.7. The Balaban J connectivity index is 1.86. The van der Waals surface area contributed by atoms with E-state index in [9.17, 15) is 26.3 Å². The molecule has 0 aromatic heterocycles. The van der Waals surface area contributed by atoms with Crippen LogP contribution in [0.3, 0.4) is 0 Å². The van der Waals surface area contributed by atoms with Crippen LogP contribution in [0.1, 0.15) is 52.4 Å². The first kappa shape index (κ1) is 24.0. The Kier molecular flexibility index (Phi) is 6.96. The molecule has 0 aliphatic carbocycles. The summed E-state index contributed by atoms with van der Waals surface area (Å²) in [4.78, 5) is 0. The van der Waals surface area contributed by atoms with E-state index in [0.29, 0.717) is 25.7 Å². The summed E-state index contributed by atoms with van der Waals surface area (Å²) in [5.74, 6) is -3.44. The normalized spacial score (nSPS) is 41.3. The van der Waals surface area contributed by atoms with Crippen LogP contribution in [0.2, 0.25) is 0 Å². The molecule has 3 saturated heterocycles. The molecule has 4 bridgehead atoms. The molecule has 6 N–H and O–H groups in total. The molecular weight excluding hydrogens is 416 g/mol. The third-order valence-electron chi connectivity index (χ3n) is 6.32. The van der Waals surface area contributed by atoms with Gasteiger partial charge in [-0.1, -0.05) is 19.3 Å². The molecule has 3 rings (SSSR count). The number of rotatable bonds is 0. The molecule has 0 saturated carbocycles. The van der Waals surface area contributed by atoms with E-state index in [2.05, 4.69) is 21.5 Å². The highest BCUT2D eigenvalue weighted by Gasteiger charge is 2.54. The van der Waals surface area contributed by atoms with Gasteiger partial charge in [-0.2, -0.15) is 26.3 Å². The first-order valence-electron chi connectivity index (χ1n) is 10.4. The molecule has 3 fully saturated rings. The fourth-order valence-electron chi connectivity index (χ4n) is 4.65. The van der Waals surface area contributed by atoms with Crippen molar-refractivity contribution in [1.29, 1.82) is 0 Å². The summed E-state index contributed by atoms with van der Waals surface area (Å²) in [5, 5.41) is 5.96. The molecule has 0 radical (unpaired) electrons. The predicted octanol–water partition coefficient (Wildman–Crippen LogP) is 2.47. The molecular formula is C18H31F6N5O. The molecule has 0 aromatic rings. The van der Waals surface area contributed by atoms with Crippen molar-refractivity contribution in [3.05, 3.63) is 0 Å². The Hall–Kier alpha value is -0.660. The van der Waals surface area contributed by atoms with Crippen LogP contribution in [0.15, 0.2) is 0 Å². The van der Waals surface area contributed by atoms with Gasteiger partial charge in [0.05, 0.1) is 24.0 Å². The van der Waals surface area contributed by atoms with E-state index in [0.717, 1.165) is 0 Å². The SMILES string of the molecule is CC1(C)CCCCC[C@@H](C(F)(F)F)C2NNC(O2)C2NC(N1)C(C(F)(F)F)CC2N. The third-order valence-corrected chi connectivity index (χ3v) is 6.32. The minimum Gasteiger partial charge on any atom is -0.340 e. The Morgan fingerprint density at radius 3 is 2.17 bits per heavy atom. The maximum atomic E-state index is 13.7.